The molecule has 0 aliphatic heterocycles. The summed E-state index contributed by atoms with van der Waals surface area (Å²) in [7, 11) is -3.80. The van der Waals surface area contributed by atoms with Crippen LogP contribution in [-0.4, -0.2) is 24.3 Å². The Hall–Kier alpha value is -0.810. The maximum absolute atomic E-state index is 13.2. The Morgan fingerprint density at radius 3 is 2.59 bits per heavy atom. The molecule has 0 aromatic heterocycles. The molecule has 0 atom stereocenters. The summed E-state index contributed by atoms with van der Waals surface area (Å²) in [5, 5.41) is 10.4. The molecule has 1 N–H and O–H groups in total. The second kappa shape index (κ2) is 5.69. The van der Waals surface area contributed by atoms with Crippen LogP contribution in [0.2, 0.25) is 0 Å². The highest BCUT2D eigenvalue weighted by Crippen LogP contribution is 2.20. The van der Waals surface area contributed by atoms with E-state index in [1.165, 1.54) is 0 Å². The van der Waals surface area contributed by atoms with Crippen LogP contribution in [0.1, 0.15) is 0 Å². The highest BCUT2D eigenvalue weighted by molar-refractivity contribution is 14.1. The van der Waals surface area contributed by atoms with Gasteiger partial charge >= 0.3 is 5.69 Å². The van der Waals surface area contributed by atoms with E-state index in [-0.39, 0.29) is 11.4 Å². The van der Waals surface area contributed by atoms with Crippen LogP contribution in [0, 0.1) is 15.9 Å². The van der Waals surface area contributed by atoms with Crippen molar-refractivity contribution in [3.63, 3.8) is 0 Å². The molecule has 0 spiro atoms. The molecule has 0 radical (unpaired) electrons. The molecule has 6 nitrogen and oxygen atoms in total. The number of alkyl halides is 1. The number of halogens is 2. The van der Waals surface area contributed by atoms with Gasteiger partial charge in [0.2, 0.25) is 15.8 Å². The molecule has 1 aromatic carbocycles. The quantitative estimate of drug-likeness (QED) is 0.366. The molecule has 0 heterocycles. The summed E-state index contributed by atoms with van der Waals surface area (Å²) in [6, 6.07) is 2.46. The Bertz CT molecular complexity index is 534. The first-order chi connectivity index (χ1) is 7.88. The summed E-state index contributed by atoms with van der Waals surface area (Å²) in [5.74, 6) is -1.17. The Labute approximate surface area is 111 Å². The first-order valence-corrected chi connectivity index (χ1v) is 7.39. The van der Waals surface area contributed by atoms with Crippen molar-refractivity contribution in [1.29, 1.82) is 0 Å². The lowest BCUT2D eigenvalue weighted by Crippen LogP contribution is -2.25. The molecule has 0 aliphatic rings. The van der Waals surface area contributed by atoms with Crippen LogP contribution >= 0.6 is 22.6 Å². The normalized spacial score (nSPS) is 11.4. The Morgan fingerprint density at radius 1 is 1.47 bits per heavy atom. The van der Waals surface area contributed by atoms with Gasteiger partial charge in [0.15, 0.2) is 0 Å². The molecule has 0 bridgehead atoms. The van der Waals surface area contributed by atoms with Crippen LogP contribution in [-0.2, 0) is 10.0 Å². The summed E-state index contributed by atoms with van der Waals surface area (Å²) in [6.45, 7) is 0.210. The van der Waals surface area contributed by atoms with E-state index in [0.29, 0.717) is 10.5 Å². The third-order valence-corrected chi connectivity index (χ3v) is 3.81. The van der Waals surface area contributed by atoms with Gasteiger partial charge in [-0.15, -0.1) is 0 Å². The Kier molecular flexibility index (Phi) is 4.77. The fourth-order valence-corrected chi connectivity index (χ4v) is 2.74. The largest absolute Gasteiger partial charge is 0.304 e. The maximum atomic E-state index is 13.2. The molecule has 0 unspecified atom stereocenters. The van der Waals surface area contributed by atoms with Gasteiger partial charge in [-0.1, -0.05) is 22.6 Å². The number of sulfonamides is 1. The molecule has 1 rings (SSSR count). The second-order valence-corrected chi connectivity index (χ2v) is 5.80. The topological polar surface area (TPSA) is 89.3 Å². The third kappa shape index (κ3) is 3.57. The van der Waals surface area contributed by atoms with Gasteiger partial charge in [-0.25, -0.2) is 13.1 Å². The van der Waals surface area contributed by atoms with Crippen molar-refractivity contribution < 1.29 is 17.7 Å². The zero-order chi connectivity index (χ0) is 13.1. The minimum Gasteiger partial charge on any atom is -0.258 e. The summed E-state index contributed by atoms with van der Waals surface area (Å²) in [4.78, 5) is 9.11. The SMILES string of the molecule is O=[N+]([O-])c1ccc(S(=O)(=O)NCCI)cc1F. The van der Waals surface area contributed by atoms with Crippen LogP contribution in [0.15, 0.2) is 23.1 Å². The van der Waals surface area contributed by atoms with Crippen molar-refractivity contribution in [2.24, 2.45) is 0 Å². The van der Waals surface area contributed by atoms with E-state index in [9.17, 15) is 22.9 Å². The van der Waals surface area contributed by atoms with Gasteiger partial charge in [0.05, 0.1) is 9.82 Å². The molecule has 0 aliphatic carbocycles. The van der Waals surface area contributed by atoms with Crippen molar-refractivity contribution in [1.82, 2.24) is 4.72 Å². The van der Waals surface area contributed by atoms with Crippen molar-refractivity contribution >= 4 is 38.3 Å². The Morgan fingerprint density at radius 2 is 2.12 bits per heavy atom. The van der Waals surface area contributed by atoms with Gasteiger partial charge in [0.25, 0.3) is 0 Å². The zero-order valence-corrected chi connectivity index (χ0v) is 11.4. The first kappa shape index (κ1) is 14.3. The summed E-state index contributed by atoms with van der Waals surface area (Å²) in [6.07, 6.45) is 0. The van der Waals surface area contributed by atoms with Gasteiger partial charge < -0.3 is 0 Å². The van der Waals surface area contributed by atoms with Crippen molar-refractivity contribution in [3.05, 3.63) is 34.1 Å². The van der Waals surface area contributed by atoms with E-state index in [0.717, 1.165) is 12.1 Å². The van der Waals surface area contributed by atoms with Gasteiger partial charge in [0, 0.05) is 23.1 Å². The van der Waals surface area contributed by atoms with Crippen LogP contribution in [0.25, 0.3) is 0 Å². The van der Waals surface area contributed by atoms with Crippen LogP contribution in [0.3, 0.4) is 0 Å². The molecule has 0 amide bonds. The standard InChI is InChI=1S/C8H8FIN2O4S/c9-7-5-6(1-2-8(7)12(13)14)17(15,16)11-4-3-10/h1-2,5,11H,3-4H2. The zero-order valence-electron chi connectivity index (χ0n) is 8.39. The molecule has 0 saturated heterocycles. The minimum atomic E-state index is -3.80. The van der Waals surface area contributed by atoms with Gasteiger partial charge in [-0.3, -0.25) is 10.1 Å². The van der Waals surface area contributed by atoms with E-state index in [4.69, 9.17) is 0 Å². The van der Waals surface area contributed by atoms with Crippen molar-refractivity contribution in [2.75, 3.05) is 11.0 Å². The lowest BCUT2D eigenvalue weighted by atomic mass is 10.3. The minimum absolute atomic E-state index is 0.210. The first-order valence-electron chi connectivity index (χ1n) is 4.38. The number of nitro benzene ring substituents is 1. The highest BCUT2D eigenvalue weighted by Gasteiger charge is 2.19. The van der Waals surface area contributed by atoms with Gasteiger partial charge in [-0.2, -0.15) is 4.39 Å². The van der Waals surface area contributed by atoms with Crippen LogP contribution in [0.4, 0.5) is 10.1 Å². The van der Waals surface area contributed by atoms with Crippen molar-refractivity contribution in [2.45, 2.75) is 4.90 Å². The fraction of sp³-hybridized carbons (Fsp3) is 0.250. The monoisotopic (exact) mass is 374 g/mol. The maximum Gasteiger partial charge on any atom is 0.304 e. The molecule has 94 valence electrons. The predicted octanol–water partition coefficient (Wildman–Crippen LogP) is 1.45. The third-order valence-electron chi connectivity index (χ3n) is 1.81. The number of benzene rings is 1. The number of hydrogen-bond acceptors (Lipinski definition) is 4. The number of rotatable bonds is 5. The predicted molar refractivity (Wildman–Crippen MR) is 67.1 cm³/mol. The van der Waals surface area contributed by atoms with Crippen LogP contribution in [0.5, 0.6) is 0 Å². The van der Waals surface area contributed by atoms with E-state index in [1.54, 1.807) is 0 Å². The number of nitro groups is 1. The average molecular weight is 374 g/mol. The van der Waals surface area contributed by atoms with Crippen molar-refractivity contribution in [3.8, 4) is 0 Å². The van der Waals surface area contributed by atoms with Gasteiger partial charge in [-0.05, 0) is 6.07 Å². The molecule has 17 heavy (non-hydrogen) atoms. The number of hydrogen-bond donors (Lipinski definition) is 1. The van der Waals surface area contributed by atoms with E-state index >= 15 is 0 Å². The summed E-state index contributed by atoms with van der Waals surface area (Å²) >= 11 is 1.98. The molecular weight excluding hydrogens is 366 g/mol. The summed E-state index contributed by atoms with van der Waals surface area (Å²) < 4.78 is 39.2. The molecule has 0 fully saturated rings. The van der Waals surface area contributed by atoms with E-state index in [1.807, 2.05) is 22.6 Å². The Balaban J connectivity index is 3.09. The highest BCUT2D eigenvalue weighted by atomic mass is 127. The number of nitrogens with zero attached hydrogens (tertiary/aromatic N) is 1. The summed E-state index contributed by atoms with van der Waals surface area (Å²) in [5.41, 5.74) is -0.752. The number of nitrogens with one attached hydrogen (secondary N) is 1. The lowest BCUT2D eigenvalue weighted by molar-refractivity contribution is -0.387. The smallest absolute Gasteiger partial charge is 0.258 e. The molecule has 9 heteroatoms. The van der Waals surface area contributed by atoms with Crippen LogP contribution < -0.4 is 4.72 Å². The van der Waals surface area contributed by atoms with E-state index < -0.39 is 26.5 Å². The van der Waals surface area contributed by atoms with E-state index in [2.05, 4.69) is 4.72 Å². The molecule has 0 saturated carbocycles. The second-order valence-electron chi connectivity index (χ2n) is 2.96. The lowest BCUT2D eigenvalue weighted by Gasteiger charge is -2.05. The van der Waals surface area contributed by atoms with Gasteiger partial charge in [0.1, 0.15) is 0 Å². The molecule has 1 aromatic rings. The average Bonchev–Trinajstić information content (AvgIpc) is 2.25. The fourth-order valence-electron chi connectivity index (χ4n) is 1.06. The molecular formula is C8H8FIN2O4S.